The molecule has 1 saturated carbocycles. The summed E-state index contributed by atoms with van der Waals surface area (Å²) < 4.78 is 5.02. The van der Waals surface area contributed by atoms with E-state index in [1.807, 2.05) is 0 Å². The van der Waals surface area contributed by atoms with Crippen LogP contribution >= 0.6 is 0 Å². The van der Waals surface area contributed by atoms with E-state index in [0.29, 0.717) is 41.8 Å². The molecule has 4 atom stereocenters. The number of amides is 2. The van der Waals surface area contributed by atoms with Crippen LogP contribution in [0.3, 0.4) is 0 Å². The molecule has 44 heavy (non-hydrogen) atoms. The highest BCUT2D eigenvalue weighted by Gasteiger charge is 2.64. The quantitative estimate of drug-likeness (QED) is 0.189. The number of nitrogens with two attached hydrogens (primary N) is 1. The number of hydrogen-bond acceptors (Lipinski definition) is 10. The minimum atomic E-state index is -2.71. The zero-order valence-electron chi connectivity index (χ0n) is 24.6. The second kappa shape index (κ2) is 11.5. The first-order valence-electron chi connectivity index (χ1n) is 14.2. The summed E-state index contributed by atoms with van der Waals surface area (Å²) in [6.45, 7) is 0.935. The molecule has 0 saturated heterocycles. The average Bonchev–Trinajstić information content (AvgIpc) is 2.97. The largest absolute Gasteiger partial charge is 0.508 e. The third-order valence-corrected chi connectivity index (χ3v) is 8.85. The van der Waals surface area contributed by atoms with Gasteiger partial charge in [0, 0.05) is 37.3 Å². The first-order chi connectivity index (χ1) is 20.8. The number of nitrogens with one attached hydrogen (secondary N) is 1. The Morgan fingerprint density at radius 3 is 2.52 bits per heavy atom. The van der Waals surface area contributed by atoms with Gasteiger partial charge in [0.25, 0.3) is 11.8 Å². The number of aromatic hydroxyl groups is 1. The predicted octanol–water partition coefficient (Wildman–Crippen LogP) is 1.40. The lowest BCUT2D eigenvalue weighted by molar-refractivity contribution is -0.153. The lowest BCUT2D eigenvalue weighted by atomic mass is 9.57. The van der Waals surface area contributed by atoms with E-state index < -0.39 is 58.0 Å². The Balaban J connectivity index is 1.61. The maximum absolute atomic E-state index is 14.0. The van der Waals surface area contributed by atoms with Gasteiger partial charge in [0.1, 0.15) is 22.8 Å². The molecule has 2 amide bonds. The van der Waals surface area contributed by atoms with Crippen LogP contribution in [0.15, 0.2) is 53.3 Å². The van der Waals surface area contributed by atoms with Crippen molar-refractivity contribution in [3.8, 4) is 16.9 Å². The van der Waals surface area contributed by atoms with E-state index in [1.54, 1.807) is 51.5 Å². The van der Waals surface area contributed by atoms with Crippen molar-refractivity contribution in [2.75, 3.05) is 34.4 Å². The standard InChI is InChI=1S/C32H35N3O9/c1-35(2)25-20-14-17-13-19-18(15-6-4-7-16(12-15)31(42)34-10-5-11-44-3)8-9-21(36)23(19)26(37)22(17)28(39)32(20,43)29(40)24(27(25)38)30(33)41/h4,6-9,12,17,20,25,36-37,40,43H,5,10-11,13-14H2,1-3H3,(H2,33,41)(H,34,42)/t17?,20?,25-,32-/m0/s1. The van der Waals surface area contributed by atoms with Gasteiger partial charge in [-0.05, 0) is 74.2 Å². The highest BCUT2D eigenvalue weighted by Crippen LogP contribution is 2.53. The lowest BCUT2D eigenvalue weighted by Gasteiger charge is -2.50. The monoisotopic (exact) mass is 605 g/mol. The molecular formula is C32H35N3O9. The topological polar surface area (TPSA) is 200 Å². The molecule has 232 valence electrons. The second-order valence-electron chi connectivity index (χ2n) is 11.6. The van der Waals surface area contributed by atoms with Crippen LogP contribution in [0.4, 0.5) is 0 Å². The molecule has 3 aliphatic carbocycles. The van der Waals surface area contributed by atoms with Crippen LogP contribution in [-0.2, 0) is 25.5 Å². The molecule has 12 heteroatoms. The third kappa shape index (κ3) is 4.75. The van der Waals surface area contributed by atoms with Gasteiger partial charge in [-0.3, -0.25) is 24.1 Å². The van der Waals surface area contributed by atoms with E-state index in [2.05, 4.69) is 5.32 Å². The molecule has 12 nitrogen and oxygen atoms in total. The van der Waals surface area contributed by atoms with Crippen molar-refractivity contribution in [1.29, 1.82) is 0 Å². The van der Waals surface area contributed by atoms with E-state index >= 15 is 0 Å². The molecule has 0 spiro atoms. The molecule has 1 fully saturated rings. The molecule has 0 aromatic heterocycles. The number of rotatable bonds is 8. The van der Waals surface area contributed by atoms with Crippen molar-refractivity contribution >= 4 is 29.1 Å². The van der Waals surface area contributed by atoms with Crippen molar-refractivity contribution in [3.05, 3.63) is 70.0 Å². The normalized spacial score (nSPS) is 24.6. The number of ether oxygens (including phenoxy) is 1. The maximum atomic E-state index is 14.0. The Kier molecular flexibility index (Phi) is 8.10. The first kappa shape index (κ1) is 30.9. The zero-order chi connectivity index (χ0) is 32.1. The number of hydrogen-bond donors (Lipinski definition) is 6. The van der Waals surface area contributed by atoms with Crippen LogP contribution in [-0.4, -0.2) is 94.7 Å². The summed E-state index contributed by atoms with van der Waals surface area (Å²) in [5.41, 5.74) is 3.70. The molecular weight excluding hydrogens is 570 g/mol. The first-order valence-corrected chi connectivity index (χ1v) is 14.2. The van der Waals surface area contributed by atoms with E-state index in [0.717, 1.165) is 0 Å². The number of ketones is 2. The number of likely N-dealkylation sites (N-methyl/N-ethyl adjacent to an activating group) is 1. The summed E-state index contributed by atoms with van der Waals surface area (Å²) in [4.78, 5) is 53.7. The van der Waals surface area contributed by atoms with E-state index in [4.69, 9.17) is 10.5 Å². The highest BCUT2D eigenvalue weighted by molar-refractivity contribution is 6.24. The Bertz CT molecular complexity index is 1640. The summed E-state index contributed by atoms with van der Waals surface area (Å²) in [6, 6.07) is 8.70. The highest BCUT2D eigenvalue weighted by atomic mass is 16.5. The van der Waals surface area contributed by atoms with Crippen molar-refractivity contribution in [2.45, 2.75) is 30.9 Å². The smallest absolute Gasteiger partial charge is 0.255 e. The van der Waals surface area contributed by atoms with Gasteiger partial charge in [-0.2, -0.15) is 0 Å². The van der Waals surface area contributed by atoms with E-state index in [1.165, 1.54) is 11.0 Å². The molecule has 0 heterocycles. The summed E-state index contributed by atoms with van der Waals surface area (Å²) in [5.74, 6) is -7.38. The van der Waals surface area contributed by atoms with E-state index in [-0.39, 0.29) is 35.6 Å². The summed E-state index contributed by atoms with van der Waals surface area (Å²) in [7, 11) is 4.67. The number of carbonyl (C=O) groups is 4. The molecule has 2 aromatic rings. The van der Waals surface area contributed by atoms with Crippen molar-refractivity contribution < 1.29 is 44.3 Å². The van der Waals surface area contributed by atoms with Gasteiger partial charge >= 0.3 is 0 Å². The molecule has 7 N–H and O–H groups in total. The summed E-state index contributed by atoms with van der Waals surface area (Å²) in [5, 5.41) is 48.0. The number of Topliss-reactive ketones (excluding diaryl/α,β-unsaturated/α-hetero) is 2. The molecule has 2 aromatic carbocycles. The number of aliphatic hydroxyl groups excluding tert-OH is 2. The number of aliphatic hydroxyl groups is 3. The van der Waals surface area contributed by atoms with Crippen molar-refractivity contribution in [2.24, 2.45) is 17.6 Å². The SMILES string of the molecule is COCCCNC(=O)c1cccc(-c2ccc(O)c3c2CC2CC4[C@H](N(C)C)C(=O)C(C(N)=O)=C(O)[C@@]4(O)C(=O)C2=C3O)c1. The number of methoxy groups -OCH3 is 1. The fourth-order valence-corrected chi connectivity index (χ4v) is 6.86. The third-order valence-electron chi connectivity index (χ3n) is 8.85. The molecule has 2 unspecified atom stereocenters. The van der Waals surface area contributed by atoms with Gasteiger partial charge in [-0.25, -0.2) is 0 Å². The molecule has 3 aliphatic rings. The number of benzene rings is 2. The number of carbonyl (C=O) groups excluding carboxylic acids is 4. The van der Waals surface area contributed by atoms with Crippen LogP contribution in [0.5, 0.6) is 5.75 Å². The fourth-order valence-electron chi connectivity index (χ4n) is 6.86. The van der Waals surface area contributed by atoms with Crippen LogP contribution in [0.1, 0.15) is 34.3 Å². The van der Waals surface area contributed by atoms with Crippen LogP contribution in [0, 0.1) is 11.8 Å². The van der Waals surface area contributed by atoms with Crippen molar-refractivity contribution in [3.63, 3.8) is 0 Å². The van der Waals surface area contributed by atoms with Gasteiger partial charge < -0.3 is 36.2 Å². The Morgan fingerprint density at radius 1 is 1.14 bits per heavy atom. The second-order valence-corrected chi connectivity index (χ2v) is 11.6. The molecule has 5 rings (SSSR count). The number of primary amides is 1. The molecule has 0 bridgehead atoms. The summed E-state index contributed by atoms with van der Waals surface area (Å²) in [6.07, 6.45) is 0.756. The zero-order valence-corrected chi connectivity index (χ0v) is 24.6. The van der Waals surface area contributed by atoms with Crippen LogP contribution in [0.25, 0.3) is 16.9 Å². The number of fused-ring (bicyclic) bond motifs is 3. The fraction of sp³-hybridized carbons (Fsp3) is 0.375. The van der Waals surface area contributed by atoms with Crippen LogP contribution < -0.4 is 11.1 Å². The Hall–Kier alpha value is -4.52. The lowest BCUT2D eigenvalue weighted by Crippen LogP contribution is -2.65. The van der Waals surface area contributed by atoms with Gasteiger partial charge in [-0.15, -0.1) is 0 Å². The van der Waals surface area contributed by atoms with E-state index in [9.17, 15) is 39.6 Å². The number of phenols is 1. The average molecular weight is 606 g/mol. The Morgan fingerprint density at radius 2 is 1.86 bits per heavy atom. The minimum Gasteiger partial charge on any atom is -0.508 e. The Labute approximate surface area is 253 Å². The number of phenolic OH excluding ortho intramolecular Hbond substituents is 1. The van der Waals surface area contributed by atoms with Gasteiger partial charge in [0.05, 0.1) is 11.6 Å². The summed E-state index contributed by atoms with van der Waals surface area (Å²) >= 11 is 0. The molecule has 0 aliphatic heterocycles. The van der Waals surface area contributed by atoms with Gasteiger partial charge in [0.15, 0.2) is 11.4 Å². The van der Waals surface area contributed by atoms with Gasteiger partial charge in [-0.1, -0.05) is 18.2 Å². The maximum Gasteiger partial charge on any atom is 0.255 e. The minimum absolute atomic E-state index is 0.0202. The van der Waals surface area contributed by atoms with Crippen LogP contribution in [0.2, 0.25) is 0 Å². The predicted molar refractivity (Wildman–Crippen MR) is 159 cm³/mol. The van der Waals surface area contributed by atoms with Crippen molar-refractivity contribution in [1.82, 2.24) is 10.2 Å². The van der Waals surface area contributed by atoms with Gasteiger partial charge in [0.2, 0.25) is 5.78 Å². The molecule has 0 radical (unpaired) electrons. The number of nitrogens with zero attached hydrogens (tertiary/aromatic N) is 1.